The van der Waals surface area contributed by atoms with Gasteiger partial charge in [-0.1, -0.05) is 6.07 Å². The molecular weight excluding hydrogens is 180 g/mol. The Balaban J connectivity index is 0.000001000. The summed E-state index contributed by atoms with van der Waals surface area (Å²) in [6, 6.07) is 5.84. The SMILES string of the molecule is Cl.N#CC[C@@H](N)c1cccs1. The first-order valence-corrected chi connectivity index (χ1v) is 3.88. The summed E-state index contributed by atoms with van der Waals surface area (Å²) < 4.78 is 0. The Bertz CT molecular complexity index is 227. The Morgan fingerprint density at radius 2 is 2.45 bits per heavy atom. The van der Waals surface area contributed by atoms with Crippen molar-refractivity contribution in [3.8, 4) is 6.07 Å². The Kier molecular flexibility index (Phi) is 4.88. The van der Waals surface area contributed by atoms with Gasteiger partial charge in [0.1, 0.15) is 0 Å². The molecule has 1 aromatic heterocycles. The van der Waals surface area contributed by atoms with Crippen molar-refractivity contribution >= 4 is 23.7 Å². The van der Waals surface area contributed by atoms with Gasteiger partial charge in [-0.25, -0.2) is 0 Å². The van der Waals surface area contributed by atoms with E-state index in [9.17, 15) is 0 Å². The largest absolute Gasteiger partial charge is 0.322 e. The van der Waals surface area contributed by atoms with Crippen LogP contribution in [0, 0.1) is 11.3 Å². The van der Waals surface area contributed by atoms with E-state index in [0.717, 1.165) is 4.88 Å². The average Bonchev–Trinajstić information content (AvgIpc) is 2.38. The molecule has 11 heavy (non-hydrogen) atoms. The molecule has 2 nitrogen and oxygen atoms in total. The highest BCUT2D eigenvalue weighted by Gasteiger charge is 2.04. The molecule has 0 aliphatic rings. The zero-order valence-corrected chi connectivity index (χ0v) is 7.49. The van der Waals surface area contributed by atoms with Crippen LogP contribution in [0.2, 0.25) is 0 Å². The van der Waals surface area contributed by atoms with Gasteiger partial charge in [-0.2, -0.15) is 5.26 Å². The lowest BCUT2D eigenvalue weighted by Gasteiger charge is -2.01. The first-order valence-electron chi connectivity index (χ1n) is 3.00. The lowest BCUT2D eigenvalue weighted by molar-refractivity contribution is 0.765. The van der Waals surface area contributed by atoms with Crippen molar-refractivity contribution in [1.82, 2.24) is 0 Å². The van der Waals surface area contributed by atoms with Crippen LogP contribution in [-0.4, -0.2) is 0 Å². The highest BCUT2D eigenvalue weighted by Crippen LogP contribution is 2.18. The Morgan fingerprint density at radius 1 is 1.73 bits per heavy atom. The summed E-state index contributed by atoms with van der Waals surface area (Å²) in [6.07, 6.45) is 0.403. The maximum Gasteiger partial charge on any atom is 0.0642 e. The maximum atomic E-state index is 8.31. The Labute approximate surface area is 76.1 Å². The van der Waals surface area contributed by atoms with Crippen LogP contribution in [0.5, 0.6) is 0 Å². The first kappa shape index (κ1) is 10.4. The van der Waals surface area contributed by atoms with E-state index in [2.05, 4.69) is 0 Å². The van der Waals surface area contributed by atoms with Gasteiger partial charge < -0.3 is 5.73 Å². The second kappa shape index (κ2) is 5.14. The minimum Gasteiger partial charge on any atom is -0.322 e. The summed E-state index contributed by atoms with van der Waals surface area (Å²) in [4.78, 5) is 1.08. The predicted octanol–water partition coefficient (Wildman–Crippen LogP) is 2.08. The van der Waals surface area contributed by atoms with Crippen molar-refractivity contribution < 1.29 is 0 Å². The van der Waals surface area contributed by atoms with Gasteiger partial charge in [0.15, 0.2) is 0 Å². The molecule has 0 spiro atoms. The third-order valence-electron chi connectivity index (χ3n) is 1.22. The standard InChI is InChI=1S/C7H8N2S.ClH/c8-4-3-6(9)7-2-1-5-10-7;/h1-2,5-6H,3,9H2;1H/t6-;/m1./s1. The quantitative estimate of drug-likeness (QED) is 0.773. The fourth-order valence-electron chi connectivity index (χ4n) is 0.701. The van der Waals surface area contributed by atoms with Crippen molar-refractivity contribution in [3.05, 3.63) is 22.4 Å². The molecule has 0 aromatic carbocycles. The minimum absolute atomic E-state index is 0. The third kappa shape index (κ3) is 2.89. The van der Waals surface area contributed by atoms with Gasteiger partial charge in [0.25, 0.3) is 0 Å². The number of thiophene rings is 1. The van der Waals surface area contributed by atoms with Gasteiger partial charge in [0.2, 0.25) is 0 Å². The molecule has 1 heterocycles. The molecule has 0 fully saturated rings. The first-order chi connectivity index (χ1) is 4.84. The van der Waals surface area contributed by atoms with Crippen LogP contribution in [0.1, 0.15) is 17.3 Å². The van der Waals surface area contributed by atoms with Gasteiger partial charge in [-0.05, 0) is 11.4 Å². The molecular formula is C7H9ClN2S. The average molecular weight is 189 g/mol. The van der Waals surface area contributed by atoms with Gasteiger partial charge >= 0.3 is 0 Å². The summed E-state index contributed by atoms with van der Waals surface area (Å²) in [6.45, 7) is 0. The molecule has 0 saturated heterocycles. The Morgan fingerprint density at radius 3 is 2.91 bits per heavy atom. The van der Waals surface area contributed by atoms with Gasteiger partial charge in [-0.15, -0.1) is 23.7 Å². The summed E-state index contributed by atoms with van der Waals surface area (Å²) in [5.74, 6) is 0. The molecule has 0 aliphatic carbocycles. The van der Waals surface area contributed by atoms with E-state index in [0.29, 0.717) is 6.42 Å². The second-order valence-corrected chi connectivity index (χ2v) is 2.96. The number of halogens is 1. The molecule has 0 aliphatic heterocycles. The summed E-state index contributed by atoms with van der Waals surface area (Å²) in [5.41, 5.74) is 5.64. The van der Waals surface area contributed by atoms with E-state index in [1.54, 1.807) is 11.3 Å². The molecule has 4 heteroatoms. The van der Waals surface area contributed by atoms with Crippen LogP contribution in [0.15, 0.2) is 17.5 Å². The fraction of sp³-hybridized carbons (Fsp3) is 0.286. The minimum atomic E-state index is -0.0926. The number of hydrogen-bond donors (Lipinski definition) is 1. The van der Waals surface area contributed by atoms with Crippen LogP contribution >= 0.6 is 23.7 Å². The van der Waals surface area contributed by atoms with E-state index in [1.807, 2.05) is 23.6 Å². The normalized spacial score (nSPS) is 11.3. The molecule has 0 radical (unpaired) electrons. The van der Waals surface area contributed by atoms with Crippen LogP contribution in [0.3, 0.4) is 0 Å². The van der Waals surface area contributed by atoms with Crippen LogP contribution in [0.4, 0.5) is 0 Å². The fourth-order valence-corrected chi connectivity index (χ4v) is 1.43. The van der Waals surface area contributed by atoms with Crippen LogP contribution in [0.25, 0.3) is 0 Å². The molecule has 2 N–H and O–H groups in total. The zero-order valence-electron chi connectivity index (χ0n) is 5.86. The van der Waals surface area contributed by atoms with Crippen molar-refractivity contribution in [2.24, 2.45) is 5.73 Å². The summed E-state index contributed by atoms with van der Waals surface area (Å²) in [7, 11) is 0. The monoisotopic (exact) mass is 188 g/mol. The predicted molar refractivity (Wildman–Crippen MR) is 48.7 cm³/mol. The molecule has 0 bridgehead atoms. The van der Waals surface area contributed by atoms with Crippen molar-refractivity contribution in [3.63, 3.8) is 0 Å². The number of nitrogens with zero attached hydrogens (tertiary/aromatic N) is 1. The van der Waals surface area contributed by atoms with Crippen molar-refractivity contribution in [2.45, 2.75) is 12.5 Å². The van der Waals surface area contributed by atoms with E-state index >= 15 is 0 Å². The van der Waals surface area contributed by atoms with Crippen molar-refractivity contribution in [2.75, 3.05) is 0 Å². The van der Waals surface area contributed by atoms with Gasteiger partial charge in [0.05, 0.1) is 18.5 Å². The van der Waals surface area contributed by atoms with Crippen LogP contribution < -0.4 is 5.73 Å². The lowest BCUT2D eigenvalue weighted by atomic mass is 10.2. The molecule has 1 atom stereocenters. The Hall–Kier alpha value is -0.560. The lowest BCUT2D eigenvalue weighted by Crippen LogP contribution is -2.06. The molecule has 1 rings (SSSR count). The topological polar surface area (TPSA) is 49.8 Å². The highest BCUT2D eigenvalue weighted by atomic mass is 35.5. The summed E-state index contributed by atoms with van der Waals surface area (Å²) in [5, 5.41) is 10.3. The molecule has 0 amide bonds. The third-order valence-corrected chi connectivity index (χ3v) is 2.22. The molecule has 0 saturated carbocycles. The van der Waals surface area contributed by atoms with E-state index in [1.165, 1.54) is 0 Å². The van der Waals surface area contributed by atoms with Crippen LogP contribution in [-0.2, 0) is 0 Å². The van der Waals surface area contributed by atoms with E-state index in [4.69, 9.17) is 11.0 Å². The van der Waals surface area contributed by atoms with E-state index < -0.39 is 0 Å². The zero-order chi connectivity index (χ0) is 7.40. The smallest absolute Gasteiger partial charge is 0.0642 e. The number of nitrogens with two attached hydrogens (primary N) is 1. The molecule has 1 aromatic rings. The molecule has 0 unspecified atom stereocenters. The van der Waals surface area contributed by atoms with Gasteiger partial charge in [-0.3, -0.25) is 0 Å². The maximum absolute atomic E-state index is 8.31. The molecule has 60 valence electrons. The van der Waals surface area contributed by atoms with E-state index in [-0.39, 0.29) is 18.4 Å². The highest BCUT2D eigenvalue weighted by molar-refractivity contribution is 7.10. The number of nitriles is 1. The van der Waals surface area contributed by atoms with Crippen molar-refractivity contribution in [1.29, 1.82) is 5.26 Å². The summed E-state index contributed by atoms with van der Waals surface area (Å²) >= 11 is 1.59. The van der Waals surface area contributed by atoms with Gasteiger partial charge in [0, 0.05) is 4.88 Å². The number of hydrogen-bond acceptors (Lipinski definition) is 3. The number of rotatable bonds is 2. The second-order valence-electron chi connectivity index (χ2n) is 1.98.